The van der Waals surface area contributed by atoms with Crippen LogP contribution in [0.5, 0.6) is 0 Å². The molecular formula is C10H10N2O4S. The maximum absolute atomic E-state index is 11.0. The van der Waals surface area contributed by atoms with E-state index < -0.39 is 12.1 Å². The van der Waals surface area contributed by atoms with E-state index in [4.69, 9.17) is 9.94 Å². The Morgan fingerprint density at radius 3 is 2.94 bits per heavy atom. The van der Waals surface area contributed by atoms with E-state index in [0.29, 0.717) is 11.3 Å². The van der Waals surface area contributed by atoms with Crippen LogP contribution in [0.2, 0.25) is 0 Å². The van der Waals surface area contributed by atoms with Crippen LogP contribution in [0.15, 0.2) is 33.8 Å². The van der Waals surface area contributed by atoms with Gasteiger partial charge in [-0.3, -0.25) is 0 Å². The summed E-state index contributed by atoms with van der Waals surface area (Å²) in [5.41, 5.74) is 0.760. The summed E-state index contributed by atoms with van der Waals surface area (Å²) >= 11 is 0.0585. The molecule has 1 unspecified atom stereocenters. The highest BCUT2D eigenvalue weighted by molar-refractivity contribution is 7.54. The van der Waals surface area contributed by atoms with E-state index in [9.17, 15) is 9.00 Å². The second-order valence-electron chi connectivity index (χ2n) is 2.95. The van der Waals surface area contributed by atoms with E-state index >= 15 is 0 Å². The lowest BCUT2D eigenvalue weighted by molar-refractivity contribution is -0.150. The summed E-state index contributed by atoms with van der Waals surface area (Å²) in [4.78, 5) is 15.8. The molecule has 1 rings (SSSR count). The number of carboxylic acids is 1. The first-order valence-electron chi connectivity index (χ1n) is 4.65. The lowest BCUT2D eigenvalue weighted by Gasteiger charge is -2.10. The number of rotatable bonds is 5. The van der Waals surface area contributed by atoms with Crippen LogP contribution in [0.4, 0.5) is 5.69 Å². The van der Waals surface area contributed by atoms with Gasteiger partial charge in [0.15, 0.2) is 0 Å². The summed E-state index contributed by atoms with van der Waals surface area (Å²) in [5, 5.41) is 12.4. The predicted octanol–water partition coefficient (Wildman–Crippen LogP) is 1.86. The fourth-order valence-electron chi connectivity index (χ4n) is 1.16. The fraction of sp³-hybridized carbons (Fsp3) is 0.200. The minimum absolute atomic E-state index is 0.0585. The summed E-state index contributed by atoms with van der Waals surface area (Å²) in [6, 6.07) is 6.23. The molecule has 17 heavy (non-hydrogen) atoms. The van der Waals surface area contributed by atoms with Crippen LogP contribution in [-0.4, -0.2) is 21.5 Å². The van der Waals surface area contributed by atoms with Gasteiger partial charge in [-0.05, 0) is 19.1 Å². The smallest absolute Gasteiger partial charge is 0.352 e. The monoisotopic (exact) mass is 254 g/mol. The second-order valence-corrected chi connectivity index (χ2v) is 3.28. The molecule has 7 heteroatoms. The molecule has 0 spiro atoms. The van der Waals surface area contributed by atoms with Crippen LogP contribution in [0.3, 0.4) is 0 Å². The van der Waals surface area contributed by atoms with E-state index in [1.807, 2.05) is 0 Å². The van der Waals surface area contributed by atoms with E-state index in [0.717, 1.165) is 0 Å². The molecular weight excluding hydrogens is 244 g/mol. The third kappa shape index (κ3) is 3.80. The second kappa shape index (κ2) is 6.54. The van der Waals surface area contributed by atoms with Gasteiger partial charge < -0.3 is 9.94 Å². The molecule has 0 aromatic heterocycles. The van der Waals surface area contributed by atoms with Gasteiger partial charge in [-0.1, -0.05) is 17.3 Å². The Balaban J connectivity index is 3.05. The van der Waals surface area contributed by atoms with Crippen molar-refractivity contribution in [3.63, 3.8) is 0 Å². The van der Waals surface area contributed by atoms with Crippen molar-refractivity contribution >= 4 is 29.3 Å². The predicted molar refractivity (Wildman–Crippen MR) is 62.3 cm³/mol. The Kier molecular flexibility index (Phi) is 5.02. The van der Waals surface area contributed by atoms with Crippen molar-refractivity contribution in [3.8, 4) is 0 Å². The Morgan fingerprint density at radius 1 is 1.59 bits per heavy atom. The van der Waals surface area contributed by atoms with E-state index in [2.05, 4.69) is 9.52 Å². The zero-order valence-corrected chi connectivity index (χ0v) is 9.76. The average molecular weight is 254 g/mol. The molecule has 1 atom stereocenters. The van der Waals surface area contributed by atoms with Gasteiger partial charge in [-0.25, -0.2) is 4.79 Å². The number of aliphatic carboxylic acids is 1. The van der Waals surface area contributed by atoms with Crippen molar-refractivity contribution in [2.75, 3.05) is 0 Å². The molecule has 0 saturated carbocycles. The van der Waals surface area contributed by atoms with Crippen molar-refractivity contribution in [3.05, 3.63) is 29.8 Å². The summed E-state index contributed by atoms with van der Waals surface area (Å²) in [7, 11) is 0. The number of benzene rings is 1. The van der Waals surface area contributed by atoms with Crippen molar-refractivity contribution < 1.29 is 18.9 Å². The van der Waals surface area contributed by atoms with Crippen LogP contribution in [-0.2, 0) is 21.1 Å². The molecule has 0 saturated heterocycles. The first kappa shape index (κ1) is 13.0. The molecule has 0 aliphatic rings. The lowest BCUT2D eigenvalue weighted by Crippen LogP contribution is -2.12. The number of carboxylic acid groups (broad SMARTS) is 1. The van der Waals surface area contributed by atoms with Crippen molar-refractivity contribution in [1.29, 1.82) is 0 Å². The summed E-state index contributed by atoms with van der Waals surface area (Å²) in [5.74, 6) is -1.16. The number of carbonyl (C=O) groups is 1. The van der Waals surface area contributed by atoms with E-state index in [1.54, 1.807) is 25.1 Å². The largest absolute Gasteiger partial charge is 0.478 e. The minimum atomic E-state index is -1.21. The first-order chi connectivity index (χ1) is 8.19. The average Bonchev–Trinajstić information content (AvgIpc) is 2.30. The molecule has 1 aromatic carbocycles. The van der Waals surface area contributed by atoms with Crippen LogP contribution in [0.25, 0.3) is 0 Å². The van der Waals surface area contributed by atoms with Gasteiger partial charge in [0.1, 0.15) is 0 Å². The van der Waals surface area contributed by atoms with E-state index in [1.165, 1.54) is 12.3 Å². The van der Waals surface area contributed by atoms with Gasteiger partial charge in [-0.15, -0.1) is 0 Å². The third-order valence-electron chi connectivity index (χ3n) is 1.81. The Labute approximate surface area is 101 Å². The number of hydrogen-bond donors (Lipinski definition) is 1. The summed E-state index contributed by atoms with van der Waals surface area (Å²) in [6.45, 7) is 1.61. The molecule has 1 N–H and O–H groups in total. The summed E-state index contributed by atoms with van der Waals surface area (Å²) in [6.07, 6.45) is 0.135. The molecule has 90 valence electrons. The molecule has 0 radical (unpaired) electrons. The molecule has 0 fully saturated rings. The summed E-state index contributed by atoms with van der Waals surface area (Å²) < 4.78 is 13.8. The zero-order valence-electron chi connectivity index (χ0n) is 8.94. The first-order valence-corrected chi connectivity index (χ1v) is 5.35. The molecule has 0 heterocycles. The van der Waals surface area contributed by atoms with Crippen LogP contribution in [0, 0.1) is 0 Å². The maximum Gasteiger partial charge on any atom is 0.352 e. The van der Waals surface area contributed by atoms with Gasteiger partial charge in [-0.2, -0.15) is 8.57 Å². The number of nitrogens with zero attached hydrogens (tertiary/aromatic N) is 2. The Hall–Kier alpha value is -2.02. The van der Waals surface area contributed by atoms with Crippen LogP contribution >= 0.6 is 0 Å². The number of oxime groups is 1. The van der Waals surface area contributed by atoms with Crippen molar-refractivity contribution in [1.82, 2.24) is 0 Å². The SMILES string of the molecule is CC=NOC(C(=O)O)c1cccc(N=S=O)c1. The van der Waals surface area contributed by atoms with Gasteiger partial charge in [0.05, 0.1) is 5.69 Å². The highest BCUT2D eigenvalue weighted by Gasteiger charge is 2.21. The molecule has 0 amide bonds. The van der Waals surface area contributed by atoms with Gasteiger partial charge in [0.25, 0.3) is 0 Å². The normalized spacial score (nSPS) is 12.1. The molecule has 0 aliphatic heterocycles. The Bertz CT molecular complexity index is 483. The zero-order chi connectivity index (χ0) is 12.7. The van der Waals surface area contributed by atoms with Crippen LogP contribution < -0.4 is 0 Å². The van der Waals surface area contributed by atoms with Crippen LogP contribution in [0.1, 0.15) is 18.6 Å². The van der Waals surface area contributed by atoms with Crippen molar-refractivity contribution in [2.24, 2.45) is 9.52 Å². The van der Waals surface area contributed by atoms with Gasteiger partial charge in [0.2, 0.25) is 17.6 Å². The maximum atomic E-state index is 11.0. The fourth-order valence-corrected chi connectivity index (χ4v) is 1.36. The number of hydrogen-bond acceptors (Lipinski definition) is 5. The highest BCUT2D eigenvalue weighted by atomic mass is 32.1. The van der Waals surface area contributed by atoms with E-state index in [-0.39, 0.29) is 11.5 Å². The lowest BCUT2D eigenvalue weighted by atomic mass is 10.1. The Morgan fingerprint density at radius 2 is 2.35 bits per heavy atom. The standard InChI is InChI=1S/C10H10N2O4S/c1-2-11-16-9(10(13)14)7-4-3-5-8(6-7)12-17-15/h2-6,9H,1H3,(H,13,14). The molecule has 0 bridgehead atoms. The molecule has 0 aliphatic carbocycles. The van der Waals surface area contributed by atoms with Gasteiger partial charge >= 0.3 is 5.97 Å². The molecule has 1 aromatic rings. The topological polar surface area (TPSA) is 88.3 Å². The van der Waals surface area contributed by atoms with Crippen molar-refractivity contribution in [2.45, 2.75) is 13.0 Å². The minimum Gasteiger partial charge on any atom is -0.478 e. The molecule has 6 nitrogen and oxygen atoms in total. The van der Waals surface area contributed by atoms with Gasteiger partial charge in [0, 0.05) is 11.8 Å². The highest BCUT2D eigenvalue weighted by Crippen LogP contribution is 2.22. The quantitative estimate of drug-likeness (QED) is 0.641. The third-order valence-corrected chi connectivity index (χ3v) is 2.10.